The van der Waals surface area contributed by atoms with Crippen molar-refractivity contribution in [1.82, 2.24) is 10.5 Å². The number of nitrogens with one attached hydrogen (secondary N) is 2. The molecule has 0 aliphatic rings. The first kappa shape index (κ1) is 14.1. The van der Waals surface area contributed by atoms with Crippen molar-refractivity contribution >= 4 is 11.6 Å². The quantitative estimate of drug-likeness (QED) is 0.879. The number of carbonyl (C=O) groups excluding carboxylic acids is 1. The Balaban J connectivity index is 1.98. The third-order valence-electron chi connectivity index (χ3n) is 3.13. The second kappa shape index (κ2) is 6.23. The first-order chi connectivity index (χ1) is 9.61. The van der Waals surface area contributed by atoms with Crippen LogP contribution in [0.2, 0.25) is 0 Å². The Morgan fingerprint density at radius 2 is 1.95 bits per heavy atom. The fourth-order valence-corrected chi connectivity index (χ4v) is 1.97. The molecule has 5 nitrogen and oxygen atoms in total. The van der Waals surface area contributed by atoms with Crippen LogP contribution >= 0.6 is 0 Å². The standard InChI is InChI=1S/C15H19N3O2/c1-4-16-13-7-5-12(6-8-13)15(19)17-9-14-10(2)18-20-11(14)3/h5-8,16H,4,9H2,1-3H3,(H,17,19). The number of hydrogen-bond acceptors (Lipinski definition) is 4. The van der Waals surface area contributed by atoms with Crippen molar-refractivity contribution in [2.75, 3.05) is 11.9 Å². The summed E-state index contributed by atoms with van der Waals surface area (Å²) in [5.41, 5.74) is 3.39. The average Bonchev–Trinajstić information content (AvgIpc) is 2.77. The van der Waals surface area contributed by atoms with Crippen LogP contribution in [0.5, 0.6) is 0 Å². The van der Waals surface area contributed by atoms with E-state index in [9.17, 15) is 4.79 Å². The number of aromatic nitrogens is 1. The molecule has 0 radical (unpaired) electrons. The first-order valence-corrected chi connectivity index (χ1v) is 6.65. The average molecular weight is 273 g/mol. The number of aryl methyl sites for hydroxylation is 2. The van der Waals surface area contributed by atoms with Crippen molar-refractivity contribution in [1.29, 1.82) is 0 Å². The smallest absolute Gasteiger partial charge is 0.251 e. The lowest BCUT2D eigenvalue weighted by Gasteiger charge is -2.07. The van der Waals surface area contributed by atoms with Crippen LogP contribution < -0.4 is 10.6 Å². The highest BCUT2D eigenvalue weighted by atomic mass is 16.5. The van der Waals surface area contributed by atoms with Crippen LogP contribution in [-0.2, 0) is 6.54 Å². The molecule has 0 saturated heterocycles. The van der Waals surface area contributed by atoms with Gasteiger partial charge in [0.1, 0.15) is 5.76 Å². The van der Waals surface area contributed by atoms with Crippen LogP contribution in [0.3, 0.4) is 0 Å². The van der Waals surface area contributed by atoms with Crippen LogP contribution in [0.1, 0.15) is 34.3 Å². The molecule has 0 aliphatic heterocycles. The topological polar surface area (TPSA) is 67.2 Å². The van der Waals surface area contributed by atoms with E-state index >= 15 is 0 Å². The second-order valence-electron chi connectivity index (χ2n) is 4.59. The van der Waals surface area contributed by atoms with Crippen molar-refractivity contribution in [3.63, 3.8) is 0 Å². The van der Waals surface area contributed by atoms with Gasteiger partial charge in [0, 0.05) is 29.9 Å². The van der Waals surface area contributed by atoms with Crippen molar-refractivity contribution < 1.29 is 9.32 Å². The first-order valence-electron chi connectivity index (χ1n) is 6.65. The lowest BCUT2D eigenvalue weighted by molar-refractivity contribution is 0.0951. The van der Waals surface area contributed by atoms with Gasteiger partial charge in [0.25, 0.3) is 5.91 Å². The molecule has 20 heavy (non-hydrogen) atoms. The number of hydrogen-bond donors (Lipinski definition) is 2. The lowest BCUT2D eigenvalue weighted by Crippen LogP contribution is -2.23. The van der Waals surface area contributed by atoms with Gasteiger partial charge in [0.2, 0.25) is 0 Å². The Hall–Kier alpha value is -2.30. The normalized spacial score (nSPS) is 10.3. The molecule has 2 N–H and O–H groups in total. The molecule has 0 saturated carbocycles. The van der Waals surface area contributed by atoms with Gasteiger partial charge in [0.15, 0.2) is 0 Å². The monoisotopic (exact) mass is 273 g/mol. The summed E-state index contributed by atoms with van der Waals surface area (Å²) in [7, 11) is 0. The van der Waals surface area contributed by atoms with E-state index in [0.717, 1.165) is 29.2 Å². The summed E-state index contributed by atoms with van der Waals surface area (Å²) >= 11 is 0. The molecule has 1 aromatic heterocycles. The molecule has 5 heteroatoms. The number of anilines is 1. The van der Waals surface area contributed by atoms with Gasteiger partial charge in [-0.05, 0) is 45.0 Å². The van der Waals surface area contributed by atoms with E-state index in [1.54, 1.807) is 12.1 Å². The van der Waals surface area contributed by atoms with Crippen LogP contribution in [0.15, 0.2) is 28.8 Å². The number of rotatable bonds is 5. The van der Waals surface area contributed by atoms with E-state index < -0.39 is 0 Å². The van der Waals surface area contributed by atoms with Crippen LogP contribution in [0.4, 0.5) is 5.69 Å². The Labute approximate surface area is 118 Å². The summed E-state index contributed by atoms with van der Waals surface area (Å²) < 4.78 is 5.07. The van der Waals surface area contributed by atoms with Gasteiger partial charge < -0.3 is 15.2 Å². The van der Waals surface area contributed by atoms with E-state index in [1.807, 2.05) is 32.9 Å². The number of nitrogens with zero attached hydrogens (tertiary/aromatic N) is 1. The highest BCUT2D eigenvalue weighted by Gasteiger charge is 2.11. The second-order valence-corrected chi connectivity index (χ2v) is 4.59. The minimum Gasteiger partial charge on any atom is -0.385 e. The van der Waals surface area contributed by atoms with E-state index in [-0.39, 0.29) is 5.91 Å². The maximum absolute atomic E-state index is 12.0. The summed E-state index contributed by atoms with van der Waals surface area (Å²) in [6.07, 6.45) is 0. The van der Waals surface area contributed by atoms with Crippen molar-refractivity contribution in [3.8, 4) is 0 Å². The van der Waals surface area contributed by atoms with E-state index in [0.29, 0.717) is 12.1 Å². The predicted molar refractivity (Wildman–Crippen MR) is 77.8 cm³/mol. The largest absolute Gasteiger partial charge is 0.385 e. The molecule has 0 unspecified atom stereocenters. The van der Waals surface area contributed by atoms with Gasteiger partial charge in [-0.15, -0.1) is 0 Å². The highest BCUT2D eigenvalue weighted by molar-refractivity contribution is 5.94. The Morgan fingerprint density at radius 3 is 2.50 bits per heavy atom. The number of amides is 1. The minimum atomic E-state index is -0.104. The van der Waals surface area contributed by atoms with Crippen LogP contribution in [0, 0.1) is 13.8 Å². The molecule has 106 valence electrons. The number of benzene rings is 1. The summed E-state index contributed by atoms with van der Waals surface area (Å²) in [4.78, 5) is 12.0. The Kier molecular flexibility index (Phi) is 4.40. The van der Waals surface area contributed by atoms with Gasteiger partial charge in [-0.25, -0.2) is 0 Å². The summed E-state index contributed by atoms with van der Waals surface area (Å²) in [5, 5.41) is 9.93. The van der Waals surface area contributed by atoms with Crippen molar-refractivity contribution in [2.24, 2.45) is 0 Å². The van der Waals surface area contributed by atoms with Gasteiger partial charge >= 0.3 is 0 Å². The third-order valence-corrected chi connectivity index (χ3v) is 3.13. The van der Waals surface area contributed by atoms with Crippen molar-refractivity contribution in [2.45, 2.75) is 27.3 Å². The Morgan fingerprint density at radius 1 is 1.25 bits per heavy atom. The summed E-state index contributed by atoms with van der Waals surface area (Å²) in [6.45, 7) is 7.02. The maximum Gasteiger partial charge on any atom is 0.251 e. The van der Waals surface area contributed by atoms with Crippen LogP contribution in [-0.4, -0.2) is 17.6 Å². The number of carbonyl (C=O) groups is 1. The molecule has 0 spiro atoms. The Bertz CT molecular complexity index is 568. The zero-order valence-corrected chi connectivity index (χ0v) is 12.0. The molecular weight excluding hydrogens is 254 g/mol. The van der Waals surface area contributed by atoms with E-state index in [1.165, 1.54) is 0 Å². The molecule has 2 rings (SSSR count). The fourth-order valence-electron chi connectivity index (χ4n) is 1.97. The van der Waals surface area contributed by atoms with Gasteiger partial charge in [-0.2, -0.15) is 0 Å². The van der Waals surface area contributed by atoms with Crippen molar-refractivity contribution in [3.05, 3.63) is 46.8 Å². The van der Waals surface area contributed by atoms with Gasteiger partial charge in [-0.3, -0.25) is 4.79 Å². The summed E-state index contributed by atoms with van der Waals surface area (Å²) in [5.74, 6) is 0.637. The fraction of sp³-hybridized carbons (Fsp3) is 0.333. The molecule has 0 bridgehead atoms. The summed E-state index contributed by atoms with van der Waals surface area (Å²) in [6, 6.07) is 7.41. The lowest BCUT2D eigenvalue weighted by atomic mass is 10.1. The molecule has 0 fully saturated rings. The molecule has 2 aromatic rings. The molecular formula is C15H19N3O2. The van der Waals surface area contributed by atoms with E-state index in [4.69, 9.17) is 4.52 Å². The van der Waals surface area contributed by atoms with Gasteiger partial charge in [0.05, 0.1) is 5.69 Å². The molecule has 1 amide bonds. The zero-order chi connectivity index (χ0) is 14.5. The third kappa shape index (κ3) is 3.17. The van der Waals surface area contributed by atoms with E-state index in [2.05, 4.69) is 15.8 Å². The zero-order valence-electron chi connectivity index (χ0n) is 12.0. The maximum atomic E-state index is 12.0. The van der Waals surface area contributed by atoms with Crippen LogP contribution in [0.25, 0.3) is 0 Å². The SMILES string of the molecule is CCNc1ccc(C(=O)NCc2c(C)noc2C)cc1. The van der Waals surface area contributed by atoms with Gasteiger partial charge in [-0.1, -0.05) is 5.16 Å². The molecule has 0 atom stereocenters. The minimum absolute atomic E-state index is 0.104. The highest BCUT2D eigenvalue weighted by Crippen LogP contribution is 2.13. The molecule has 1 heterocycles. The molecule has 1 aromatic carbocycles. The predicted octanol–water partition coefficient (Wildman–Crippen LogP) is 2.65. The molecule has 0 aliphatic carbocycles.